The second-order valence-corrected chi connectivity index (χ2v) is 1.93. The van der Waals surface area contributed by atoms with E-state index in [1.165, 1.54) is 12.3 Å². The molecule has 0 spiro atoms. The molecule has 0 saturated heterocycles. The first-order chi connectivity index (χ1) is 4.70. The molecule has 0 bridgehead atoms. The van der Waals surface area contributed by atoms with Crippen molar-refractivity contribution < 1.29 is 6.48 Å². The Morgan fingerprint density at radius 1 is 1.78 bits per heavy atom. The van der Waals surface area contributed by atoms with Crippen molar-refractivity contribution in [3.05, 3.63) is 29.0 Å². The van der Waals surface area contributed by atoms with Crippen LogP contribution in [-0.4, -0.2) is 10.1 Å². The van der Waals surface area contributed by atoms with Gasteiger partial charge in [0.25, 0.3) is 0 Å². The smallest absolute Gasteiger partial charge is 0.129 e. The Morgan fingerprint density at radius 2 is 2.56 bits per heavy atom. The van der Waals surface area contributed by atoms with Crippen LogP contribution in [-0.2, 0) is 6.58 Å². The molecular weight excluding hydrogens is 138 g/mol. The number of hydrogen-bond donors (Lipinski definition) is 1. The molecule has 1 heterocycles. The van der Waals surface area contributed by atoms with Crippen LogP contribution in [0.2, 0.25) is 5.15 Å². The molecule has 1 aromatic rings. The number of aliphatic hydroxyl groups is 1. The fourth-order valence-corrected chi connectivity index (χ4v) is 0.575. The highest BCUT2D eigenvalue weighted by Crippen LogP contribution is 2.04. The van der Waals surface area contributed by atoms with E-state index in [0.717, 1.165) is 0 Å². The van der Waals surface area contributed by atoms with Gasteiger partial charge < -0.3 is 5.11 Å². The summed E-state index contributed by atoms with van der Waals surface area (Å²) in [4.78, 5) is 3.69. The molecule has 1 unspecified atom stereocenters. The average molecular weight is 146 g/mol. The molecular formula is C6H6ClNO. The third-order valence-corrected chi connectivity index (χ3v) is 1.12. The van der Waals surface area contributed by atoms with Gasteiger partial charge in [0, 0.05) is 6.20 Å². The second kappa shape index (κ2) is 2.80. The fourth-order valence-electron chi connectivity index (χ4n) is 0.464. The summed E-state index contributed by atoms with van der Waals surface area (Å²) >= 11 is 5.46. The van der Waals surface area contributed by atoms with Crippen LogP contribution in [0.5, 0.6) is 0 Å². The van der Waals surface area contributed by atoms with Gasteiger partial charge in [0.2, 0.25) is 0 Å². The lowest BCUT2D eigenvalue weighted by Gasteiger charge is -1.91. The average Bonchev–Trinajstić information content (AvgIpc) is 1.88. The molecule has 0 aliphatic rings. The van der Waals surface area contributed by atoms with Crippen LogP contribution in [0.25, 0.3) is 0 Å². The van der Waals surface area contributed by atoms with Gasteiger partial charge in [-0.1, -0.05) is 17.7 Å². The van der Waals surface area contributed by atoms with Crippen LogP contribution in [0.4, 0.5) is 0 Å². The maximum Gasteiger partial charge on any atom is 0.129 e. The number of nitrogens with zero attached hydrogens (tertiary/aromatic N) is 1. The largest absolute Gasteiger partial charge is 0.392 e. The summed E-state index contributed by atoms with van der Waals surface area (Å²) in [6, 6.07) is 3.10. The standard InChI is InChI=1S/C6H6ClNO/c7-6-2-1-5(4-9)3-8-6/h1-3,9H,4H2/i4T. The van der Waals surface area contributed by atoms with E-state index in [9.17, 15) is 0 Å². The van der Waals surface area contributed by atoms with E-state index in [2.05, 4.69) is 4.98 Å². The lowest BCUT2D eigenvalue weighted by molar-refractivity contribution is 0.281. The van der Waals surface area contributed by atoms with E-state index in [1.807, 2.05) is 0 Å². The van der Waals surface area contributed by atoms with Crippen molar-refractivity contribution in [3.8, 4) is 0 Å². The van der Waals surface area contributed by atoms with Gasteiger partial charge in [0.1, 0.15) is 5.15 Å². The summed E-state index contributed by atoms with van der Waals surface area (Å²) in [5, 5.41) is 9.06. The molecule has 0 saturated carbocycles. The van der Waals surface area contributed by atoms with Gasteiger partial charge in [-0.2, -0.15) is 0 Å². The molecule has 1 rings (SSSR count). The van der Waals surface area contributed by atoms with Gasteiger partial charge in [-0.3, -0.25) is 0 Å². The van der Waals surface area contributed by atoms with Crippen molar-refractivity contribution in [3.63, 3.8) is 0 Å². The van der Waals surface area contributed by atoms with E-state index >= 15 is 0 Å². The molecule has 0 aliphatic carbocycles. The number of aliphatic hydroxyl groups excluding tert-OH is 1. The van der Waals surface area contributed by atoms with E-state index in [1.54, 1.807) is 6.07 Å². The van der Waals surface area contributed by atoms with Gasteiger partial charge in [0.05, 0.1) is 7.95 Å². The second-order valence-electron chi connectivity index (χ2n) is 1.54. The minimum Gasteiger partial charge on any atom is -0.392 e. The number of pyridine rings is 1. The molecule has 1 atom stereocenters. The Kier molecular flexibility index (Phi) is 1.62. The van der Waals surface area contributed by atoms with Crippen molar-refractivity contribution >= 4 is 11.6 Å². The summed E-state index contributed by atoms with van der Waals surface area (Å²) in [7, 11) is 0. The van der Waals surface area contributed by atoms with Gasteiger partial charge in [0.15, 0.2) is 0 Å². The first kappa shape index (κ1) is 5.21. The van der Waals surface area contributed by atoms with Crippen LogP contribution in [0.3, 0.4) is 0 Å². The minimum absolute atomic E-state index is 0.365. The number of aromatic nitrogens is 1. The lowest BCUT2D eigenvalue weighted by Crippen LogP contribution is -1.82. The minimum atomic E-state index is -1.22. The molecule has 1 N–H and O–H groups in total. The molecule has 3 heteroatoms. The van der Waals surface area contributed by atoms with E-state index in [4.69, 9.17) is 18.1 Å². The zero-order valence-corrected chi connectivity index (χ0v) is 5.34. The molecule has 0 aromatic carbocycles. The summed E-state index contributed by atoms with van der Waals surface area (Å²) in [5.74, 6) is 0. The van der Waals surface area contributed by atoms with Crippen molar-refractivity contribution in [1.82, 2.24) is 4.98 Å². The van der Waals surface area contributed by atoms with Gasteiger partial charge in [-0.05, 0) is 11.6 Å². The van der Waals surface area contributed by atoms with Crippen LogP contribution < -0.4 is 0 Å². The topological polar surface area (TPSA) is 33.1 Å². The quantitative estimate of drug-likeness (QED) is 0.603. The zero-order valence-electron chi connectivity index (χ0n) is 5.58. The highest BCUT2D eigenvalue weighted by molar-refractivity contribution is 6.29. The summed E-state index contributed by atoms with van der Waals surface area (Å²) in [6.45, 7) is -1.22. The summed E-state index contributed by atoms with van der Waals surface area (Å²) < 4.78 is 6.86. The van der Waals surface area contributed by atoms with E-state index in [0.29, 0.717) is 10.7 Å². The van der Waals surface area contributed by atoms with Crippen LogP contribution in [0.15, 0.2) is 18.3 Å². The molecule has 1 aromatic heterocycles. The Balaban J connectivity index is 2.89. The lowest BCUT2D eigenvalue weighted by atomic mass is 10.3. The van der Waals surface area contributed by atoms with Crippen molar-refractivity contribution in [1.29, 1.82) is 0 Å². The Labute approximate surface area is 59.5 Å². The third-order valence-electron chi connectivity index (χ3n) is 0.899. The maximum atomic E-state index is 8.70. The molecule has 9 heavy (non-hydrogen) atoms. The van der Waals surface area contributed by atoms with E-state index in [-0.39, 0.29) is 0 Å². The Morgan fingerprint density at radius 3 is 3.00 bits per heavy atom. The van der Waals surface area contributed by atoms with Crippen molar-refractivity contribution in [2.24, 2.45) is 0 Å². The van der Waals surface area contributed by atoms with Crippen molar-refractivity contribution in [2.45, 2.75) is 6.58 Å². The molecule has 0 aliphatic heterocycles. The van der Waals surface area contributed by atoms with Crippen LogP contribution in [0, 0.1) is 0 Å². The SMILES string of the molecule is [3H]C(O)c1ccc(Cl)nc1. The molecule has 0 amide bonds. The first-order valence-corrected chi connectivity index (χ1v) is 2.79. The molecule has 0 fully saturated rings. The zero-order chi connectivity index (χ0) is 7.56. The maximum absolute atomic E-state index is 8.70. The summed E-state index contributed by atoms with van der Waals surface area (Å²) in [6.07, 6.45) is 1.38. The highest BCUT2D eigenvalue weighted by atomic mass is 35.5. The number of rotatable bonds is 1. The predicted octanol–water partition coefficient (Wildman–Crippen LogP) is 1.23. The van der Waals surface area contributed by atoms with Gasteiger partial charge >= 0.3 is 0 Å². The molecule has 2 nitrogen and oxygen atoms in total. The monoisotopic (exact) mass is 145 g/mol. The Bertz CT molecular complexity index is 211. The fraction of sp³-hybridized carbons (Fsp3) is 0.167. The van der Waals surface area contributed by atoms with Crippen LogP contribution >= 0.6 is 11.6 Å². The Hall–Kier alpha value is -0.600. The van der Waals surface area contributed by atoms with E-state index < -0.39 is 6.58 Å². The highest BCUT2D eigenvalue weighted by Gasteiger charge is 1.88. The normalized spacial score (nSPS) is 14.7. The van der Waals surface area contributed by atoms with Crippen molar-refractivity contribution in [2.75, 3.05) is 0 Å². The third kappa shape index (κ3) is 1.66. The first-order valence-electron chi connectivity index (χ1n) is 2.99. The predicted molar refractivity (Wildman–Crippen MR) is 35.2 cm³/mol. The van der Waals surface area contributed by atoms with Gasteiger partial charge in [-0.25, -0.2) is 4.98 Å². The molecule has 0 radical (unpaired) electrons. The van der Waals surface area contributed by atoms with Crippen LogP contribution in [0.1, 0.15) is 6.93 Å². The summed E-state index contributed by atoms with van der Waals surface area (Å²) in [5.41, 5.74) is 0.449. The number of halogens is 1. The van der Waals surface area contributed by atoms with Gasteiger partial charge in [-0.15, -0.1) is 0 Å². The molecule has 48 valence electrons. The number of hydrogen-bond acceptors (Lipinski definition) is 2.